The number of carboxylic acid groups (broad SMARTS) is 1. The van der Waals surface area contributed by atoms with E-state index in [1.54, 1.807) is 0 Å². The van der Waals surface area contributed by atoms with Crippen LogP contribution in [-0.2, 0) is 10.6 Å². The topological polar surface area (TPSA) is 157 Å². The molecule has 1 fully saturated rings. The molecule has 0 unspecified atom stereocenters. The number of nitrogens with zero attached hydrogens (tertiary/aromatic N) is 1. The lowest BCUT2D eigenvalue weighted by molar-refractivity contribution is -0.167. The number of aromatic amines is 1. The predicted molar refractivity (Wildman–Crippen MR) is 73.9 cm³/mol. The van der Waals surface area contributed by atoms with E-state index in [4.69, 9.17) is 22.1 Å². The largest absolute Gasteiger partial charge is 0.477 e. The van der Waals surface area contributed by atoms with Crippen molar-refractivity contribution in [2.75, 3.05) is 13.7 Å². The zero-order valence-corrected chi connectivity index (χ0v) is 12.2. The lowest BCUT2D eigenvalue weighted by Gasteiger charge is -2.34. The van der Waals surface area contributed by atoms with Crippen LogP contribution in [0.2, 0.25) is 0 Å². The van der Waals surface area contributed by atoms with E-state index >= 15 is 0 Å². The highest BCUT2D eigenvalue weighted by molar-refractivity contribution is 7.71. The van der Waals surface area contributed by atoms with Gasteiger partial charge in [-0.3, -0.25) is 19.7 Å². The minimum atomic E-state index is -1.84. The summed E-state index contributed by atoms with van der Waals surface area (Å²) >= 11 is 4.97. The number of ether oxygens (including phenoxy) is 1. The second kappa shape index (κ2) is 5.87. The van der Waals surface area contributed by atoms with E-state index in [0.29, 0.717) is 0 Å². The second-order valence-electron chi connectivity index (χ2n) is 4.70. The number of aliphatic hydroxyl groups excluding tert-OH is 3. The Morgan fingerprint density at radius 3 is 2.68 bits per heavy atom. The lowest BCUT2D eigenvalue weighted by atomic mass is 10.1. The molecular weight excluding hydrogens is 318 g/mol. The number of aromatic nitrogens is 2. The van der Waals surface area contributed by atoms with Crippen molar-refractivity contribution in [2.24, 2.45) is 0 Å². The van der Waals surface area contributed by atoms with Crippen LogP contribution in [0.15, 0.2) is 11.0 Å². The standard InChI is InChI=1S/C11H15N3O7S/c1-12-11(7(17)6(16)5(3-15)21-11)14-2-4(9(19)20)8(18)13-10(14)22/h2,5-7,12,15-17H,3H2,1H3,(H,19,20)(H,13,18,22)/t5-,6-,7-,11+/m1/s1. The molecule has 1 aromatic heterocycles. The summed E-state index contributed by atoms with van der Waals surface area (Å²) in [4.78, 5) is 24.8. The summed E-state index contributed by atoms with van der Waals surface area (Å²) in [5, 5.41) is 40.9. The predicted octanol–water partition coefficient (Wildman–Crippen LogP) is -2.45. The molecule has 0 saturated carbocycles. The molecule has 1 aliphatic heterocycles. The van der Waals surface area contributed by atoms with Gasteiger partial charge in [0.1, 0.15) is 23.9 Å². The molecule has 0 spiro atoms. The summed E-state index contributed by atoms with van der Waals surface area (Å²) in [5.74, 6) is -3.33. The first-order valence-corrected chi connectivity index (χ1v) is 6.62. The van der Waals surface area contributed by atoms with Gasteiger partial charge in [-0.15, -0.1) is 0 Å². The van der Waals surface area contributed by atoms with Crippen molar-refractivity contribution in [3.05, 3.63) is 26.9 Å². The Bertz CT molecular complexity index is 702. The molecule has 1 saturated heterocycles. The highest BCUT2D eigenvalue weighted by Crippen LogP contribution is 2.33. The fraction of sp³-hybridized carbons (Fsp3) is 0.545. The number of rotatable bonds is 4. The van der Waals surface area contributed by atoms with Gasteiger partial charge in [-0.1, -0.05) is 0 Å². The molecule has 2 rings (SSSR count). The van der Waals surface area contributed by atoms with Crippen molar-refractivity contribution in [3.8, 4) is 0 Å². The Kier molecular flexibility index (Phi) is 4.47. The van der Waals surface area contributed by atoms with Crippen LogP contribution in [0.4, 0.5) is 0 Å². The molecule has 11 heteroatoms. The molecule has 0 aromatic carbocycles. The molecule has 22 heavy (non-hydrogen) atoms. The monoisotopic (exact) mass is 333 g/mol. The highest BCUT2D eigenvalue weighted by atomic mass is 32.1. The molecule has 6 N–H and O–H groups in total. The third-order valence-corrected chi connectivity index (χ3v) is 3.80. The van der Waals surface area contributed by atoms with Crippen molar-refractivity contribution in [1.29, 1.82) is 0 Å². The molecule has 2 heterocycles. The van der Waals surface area contributed by atoms with Gasteiger partial charge in [0.05, 0.1) is 6.61 Å². The van der Waals surface area contributed by atoms with Gasteiger partial charge in [0.2, 0.25) is 5.85 Å². The lowest BCUT2D eigenvalue weighted by Crippen LogP contribution is -2.55. The van der Waals surface area contributed by atoms with Gasteiger partial charge in [-0.2, -0.15) is 0 Å². The normalized spacial score (nSPS) is 31.4. The SMILES string of the molecule is CN[C@@]1(n2cc(C(=O)O)c(=O)[nH]c2=S)O[C@H](CO)[C@@H](O)[C@H]1O. The van der Waals surface area contributed by atoms with Crippen LogP contribution in [0.1, 0.15) is 10.4 Å². The fourth-order valence-electron chi connectivity index (χ4n) is 2.35. The van der Waals surface area contributed by atoms with Gasteiger partial charge in [0, 0.05) is 6.20 Å². The zero-order valence-electron chi connectivity index (χ0n) is 11.4. The van der Waals surface area contributed by atoms with Crippen LogP contribution in [0, 0.1) is 4.77 Å². The number of carboxylic acids is 1. The van der Waals surface area contributed by atoms with Gasteiger partial charge < -0.3 is 25.2 Å². The minimum absolute atomic E-state index is 0.228. The van der Waals surface area contributed by atoms with Gasteiger partial charge in [-0.25, -0.2) is 4.79 Å². The van der Waals surface area contributed by atoms with E-state index in [1.165, 1.54) is 7.05 Å². The summed E-state index contributed by atoms with van der Waals surface area (Å²) in [6.07, 6.45) is -3.24. The molecule has 1 aromatic rings. The number of likely N-dealkylation sites (N-methyl/N-ethyl adjacent to an activating group) is 1. The summed E-state index contributed by atoms with van der Waals surface area (Å²) in [6, 6.07) is 0. The number of nitrogens with one attached hydrogen (secondary N) is 2. The number of aromatic carboxylic acids is 1. The van der Waals surface area contributed by atoms with Crippen LogP contribution < -0.4 is 10.9 Å². The maximum atomic E-state index is 11.6. The molecule has 4 atom stereocenters. The van der Waals surface area contributed by atoms with Crippen LogP contribution in [0.25, 0.3) is 0 Å². The zero-order chi connectivity index (χ0) is 16.7. The maximum Gasteiger partial charge on any atom is 0.342 e. The Balaban J connectivity index is 2.67. The third kappa shape index (κ3) is 2.37. The number of hydrogen-bond acceptors (Lipinski definition) is 8. The average molecular weight is 333 g/mol. The Morgan fingerprint density at radius 2 is 2.23 bits per heavy atom. The Hall–Kier alpha value is -1.63. The first-order chi connectivity index (χ1) is 10.3. The van der Waals surface area contributed by atoms with Gasteiger partial charge in [-0.05, 0) is 19.3 Å². The van der Waals surface area contributed by atoms with Gasteiger partial charge in [0.15, 0.2) is 4.77 Å². The van der Waals surface area contributed by atoms with E-state index in [1.807, 2.05) is 0 Å². The van der Waals surface area contributed by atoms with Crippen LogP contribution in [-0.4, -0.2) is 67.9 Å². The van der Waals surface area contributed by atoms with Crippen LogP contribution >= 0.6 is 12.2 Å². The van der Waals surface area contributed by atoms with Crippen molar-refractivity contribution >= 4 is 18.2 Å². The van der Waals surface area contributed by atoms with Crippen molar-refractivity contribution in [3.63, 3.8) is 0 Å². The van der Waals surface area contributed by atoms with Gasteiger partial charge >= 0.3 is 5.97 Å². The molecule has 0 bridgehead atoms. The molecule has 1 aliphatic rings. The van der Waals surface area contributed by atoms with E-state index in [9.17, 15) is 24.9 Å². The smallest absolute Gasteiger partial charge is 0.342 e. The average Bonchev–Trinajstić information content (AvgIpc) is 2.72. The summed E-state index contributed by atoms with van der Waals surface area (Å²) in [5.41, 5.74) is -1.53. The molecule has 10 nitrogen and oxygen atoms in total. The molecule has 122 valence electrons. The molecular formula is C11H15N3O7S. The fourth-order valence-corrected chi connectivity index (χ4v) is 2.63. The number of carbonyl (C=O) groups is 1. The summed E-state index contributed by atoms with van der Waals surface area (Å²) < 4.78 is 6.19. The van der Waals surface area contributed by atoms with Crippen molar-refractivity contribution < 1.29 is 30.0 Å². The van der Waals surface area contributed by atoms with Crippen molar-refractivity contribution in [1.82, 2.24) is 14.9 Å². The number of H-pyrrole nitrogens is 1. The third-order valence-electron chi connectivity index (χ3n) is 3.50. The van der Waals surface area contributed by atoms with Crippen LogP contribution in [0.3, 0.4) is 0 Å². The minimum Gasteiger partial charge on any atom is -0.477 e. The number of hydrogen-bond donors (Lipinski definition) is 6. The molecule has 0 amide bonds. The highest BCUT2D eigenvalue weighted by Gasteiger charge is 2.55. The van der Waals surface area contributed by atoms with E-state index in [2.05, 4.69) is 10.3 Å². The maximum absolute atomic E-state index is 11.6. The van der Waals surface area contributed by atoms with E-state index in [-0.39, 0.29) is 4.77 Å². The van der Waals surface area contributed by atoms with Crippen molar-refractivity contribution in [2.45, 2.75) is 24.2 Å². The Morgan fingerprint density at radius 1 is 1.59 bits per heavy atom. The van der Waals surface area contributed by atoms with Crippen LogP contribution in [0.5, 0.6) is 0 Å². The van der Waals surface area contributed by atoms with E-state index < -0.39 is 47.9 Å². The Labute approximate surface area is 128 Å². The van der Waals surface area contributed by atoms with E-state index in [0.717, 1.165) is 10.8 Å². The molecule has 0 aliphatic carbocycles. The van der Waals surface area contributed by atoms with Gasteiger partial charge in [0.25, 0.3) is 5.56 Å². The number of aliphatic hydroxyl groups is 3. The first kappa shape index (κ1) is 16.7. The molecule has 0 radical (unpaired) electrons. The summed E-state index contributed by atoms with van der Waals surface area (Å²) in [6.45, 7) is -0.579. The second-order valence-corrected chi connectivity index (χ2v) is 5.08. The first-order valence-electron chi connectivity index (χ1n) is 6.22. The quantitative estimate of drug-likeness (QED) is 0.329. The summed E-state index contributed by atoms with van der Waals surface area (Å²) in [7, 11) is 1.38.